The molecule has 14 heavy (non-hydrogen) atoms. The van der Waals surface area contributed by atoms with E-state index in [4.69, 9.17) is 22.2 Å². The number of hydrogen-bond donors (Lipinski definition) is 2. The molecule has 1 aromatic carbocycles. The lowest BCUT2D eigenvalue weighted by Gasteiger charge is -2.02. The first-order valence-corrected chi connectivity index (χ1v) is 4.43. The number of hydrogen-bond acceptors (Lipinski definition) is 2. The Kier molecular flexibility index (Phi) is 3.59. The topological polar surface area (TPSA) is 50.3 Å². The van der Waals surface area contributed by atoms with Gasteiger partial charge in [-0.1, -0.05) is 11.6 Å². The van der Waals surface area contributed by atoms with Crippen LogP contribution in [0.5, 0.6) is 0 Å². The van der Waals surface area contributed by atoms with Crippen LogP contribution in [0.2, 0.25) is 5.02 Å². The van der Waals surface area contributed by atoms with Crippen molar-refractivity contribution in [2.24, 2.45) is 5.84 Å². The van der Waals surface area contributed by atoms with E-state index in [1.165, 1.54) is 4.68 Å². The summed E-state index contributed by atoms with van der Waals surface area (Å²) in [4.78, 5) is 0. The minimum Gasteiger partial charge on any atom is -0.433 e. The summed E-state index contributed by atoms with van der Waals surface area (Å²) in [5.41, 5.74) is 0.864. The molecule has 0 spiro atoms. The molecule has 0 amide bonds. The highest BCUT2D eigenvalue weighted by Crippen LogP contribution is 2.13. The molecule has 0 saturated heterocycles. The Morgan fingerprint density at radius 1 is 1.43 bits per heavy atom. The molecule has 1 aromatic rings. The molecule has 0 aliphatic carbocycles. The van der Waals surface area contributed by atoms with E-state index in [1.54, 1.807) is 26.3 Å². The van der Waals surface area contributed by atoms with Crippen molar-refractivity contribution in [1.29, 1.82) is 0 Å². The van der Waals surface area contributed by atoms with Gasteiger partial charge in [-0.15, -0.1) is 4.68 Å². The Bertz CT molecular complexity index is 330. The lowest BCUT2D eigenvalue weighted by Crippen LogP contribution is -2.30. The first-order chi connectivity index (χ1) is 6.63. The molecule has 0 bridgehead atoms. The Balaban J connectivity index is 2.78. The predicted octanol–water partition coefficient (Wildman–Crippen LogP) is 1.27. The van der Waals surface area contributed by atoms with E-state index in [0.717, 1.165) is 5.69 Å². The van der Waals surface area contributed by atoms with Crippen molar-refractivity contribution in [1.82, 2.24) is 0 Å². The first kappa shape index (κ1) is 10.7. The van der Waals surface area contributed by atoms with Crippen LogP contribution < -0.4 is 11.2 Å². The van der Waals surface area contributed by atoms with Crippen LogP contribution in [0.15, 0.2) is 24.3 Å². The van der Waals surface area contributed by atoms with Gasteiger partial charge in [0.25, 0.3) is 0 Å². The molecule has 0 unspecified atom stereocenters. The maximum absolute atomic E-state index is 5.74. The molecule has 0 heterocycles. The molecule has 5 heteroatoms. The van der Waals surface area contributed by atoms with Crippen LogP contribution in [0, 0.1) is 0 Å². The lowest BCUT2D eigenvalue weighted by atomic mass is 10.3. The molecular weight excluding hydrogens is 202 g/mol. The molecule has 0 aliphatic rings. The maximum atomic E-state index is 5.74. The van der Waals surface area contributed by atoms with Crippen molar-refractivity contribution in [3.05, 3.63) is 29.3 Å². The van der Waals surface area contributed by atoms with Crippen LogP contribution in [0.3, 0.4) is 0 Å². The van der Waals surface area contributed by atoms with Gasteiger partial charge in [-0.2, -0.15) is 0 Å². The average Bonchev–Trinajstić information content (AvgIpc) is 2.16. The largest absolute Gasteiger partial charge is 0.472 e. The highest BCUT2D eigenvalue weighted by Gasteiger charge is 2.09. The van der Waals surface area contributed by atoms with E-state index in [9.17, 15) is 0 Å². The first-order valence-electron chi connectivity index (χ1n) is 4.05. The van der Waals surface area contributed by atoms with E-state index >= 15 is 0 Å². The number of nitrogens with zero attached hydrogens (tertiary/aromatic N) is 1. The van der Waals surface area contributed by atoms with Gasteiger partial charge in [-0.25, -0.2) is 5.32 Å². The fraction of sp³-hybridized carbons (Fsp3) is 0.222. The minimum absolute atomic E-state index is 0.465. The zero-order valence-corrected chi connectivity index (χ0v) is 8.88. The summed E-state index contributed by atoms with van der Waals surface area (Å²) in [6.07, 6.45) is 0. The number of anilines is 1. The number of hydrazone groups is 1. The monoisotopic (exact) mass is 214 g/mol. The van der Waals surface area contributed by atoms with Gasteiger partial charge in [-0.05, 0) is 24.3 Å². The van der Waals surface area contributed by atoms with Crippen LogP contribution in [0.1, 0.15) is 0 Å². The normalized spacial score (nSPS) is 11.9. The van der Waals surface area contributed by atoms with Gasteiger partial charge in [0.2, 0.25) is 0 Å². The fourth-order valence-electron chi connectivity index (χ4n) is 0.940. The van der Waals surface area contributed by atoms with E-state index in [2.05, 4.69) is 5.32 Å². The molecule has 76 valence electrons. The van der Waals surface area contributed by atoms with Crippen molar-refractivity contribution in [3.8, 4) is 0 Å². The van der Waals surface area contributed by atoms with Crippen molar-refractivity contribution >= 4 is 23.3 Å². The second kappa shape index (κ2) is 4.72. The van der Waals surface area contributed by atoms with Crippen LogP contribution in [-0.2, 0) is 4.74 Å². The quantitative estimate of drug-likeness (QED) is 0.243. The third-order valence-electron chi connectivity index (χ3n) is 1.61. The van der Waals surface area contributed by atoms with Gasteiger partial charge in [0.05, 0.1) is 7.11 Å². The summed E-state index contributed by atoms with van der Waals surface area (Å²) in [6, 6.07) is 7.71. The summed E-state index contributed by atoms with van der Waals surface area (Å²) in [7, 11) is 3.23. The molecule has 0 aromatic heterocycles. The molecule has 3 N–H and O–H groups in total. The second-order valence-corrected chi connectivity index (χ2v) is 3.19. The maximum Gasteiger partial charge on any atom is 0.472 e. The number of nitrogens with two attached hydrogens (primary N) is 1. The average molecular weight is 215 g/mol. The Labute approximate surface area is 87.9 Å². The van der Waals surface area contributed by atoms with Crippen LogP contribution in [0.4, 0.5) is 5.69 Å². The summed E-state index contributed by atoms with van der Waals surface area (Å²) >= 11 is 5.74. The molecule has 1 rings (SSSR count). The lowest BCUT2D eigenvalue weighted by molar-refractivity contribution is -0.517. The van der Waals surface area contributed by atoms with Crippen molar-refractivity contribution < 1.29 is 9.42 Å². The minimum atomic E-state index is 0.465. The van der Waals surface area contributed by atoms with Crippen LogP contribution in [-0.4, -0.2) is 24.9 Å². The number of rotatable bonds is 1. The Hall–Kier alpha value is -1.42. The third kappa shape index (κ3) is 2.81. The molecule has 0 aliphatic heterocycles. The Morgan fingerprint density at radius 2 is 2.00 bits per heavy atom. The molecule has 0 saturated carbocycles. The van der Waals surface area contributed by atoms with Gasteiger partial charge in [-0.3, -0.25) is 5.84 Å². The number of benzene rings is 1. The van der Waals surface area contributed by atoms with Crippen LogP contribution >= 0.6 is 11.6 Å². The highest BCUT2D eigenvalue weighted by molar-refractivity contribution is 6.30. The molecular formula is C9H13ClN3O+. The predicted molar refractivity (Wildman–Crippen MR) is 57.5 cm³/mol. The van der Waals surface area contributed by atoms with E-state index < -0.39 is 0 Å². The zero-order chi connectivity index (χ0) is 10.6. The number of nitrogens with one attached hydrogen (secondary N) is 1. The van der Waals surface area contributed by atoms with Crippen molar-refractivity contribution in [3.63, 3.8) is 0 Å². The number of hydrazine groups is 1. The SMILES string of the molecule is COC(Nc1ccc(Cl)cc1)=[N+](C)N. The van der Waals surface area contributed by atoms with Crippen LogP contribution in [0.25, 0.3) is 0 Å². The zero-order valence-electron chi connectivity index (χ0n) is 8.12. The van der Waals surface area contributed by atoms with Gasteiger partial charge >= 0.3 is 6.02 Å². The van der Waals surface area contributed by atoms with Crippen molar-refractivity contribution in [2.45, 2.75) is 0 Å². The van der Waals surface area contributed by atoms with E-state index in [1.807, 2.05) is 12.1 Å². The fourth-order valence-corrected chi connectivity index (χ4v) is 1.07. The molecule has 0 atom stereocenters. The summed E-state index contributed by atoms with van der Waals surface area (Å²) in [5.74, 6) is 5.51. The van der Waals surface area contributed by atoms with Gasteiger partial charge in [0.15, 0.2) is 0 Å². The summed E-state index contributed by atoms with van der Waals surface area (Å²) < 4.78 is 6.38. The number of amidine groups is 1. The van der Waals surface area contributed by atoms with Gasteiger partial charge in [0.1, 0.15) is 12.7 Å². The molecule has 0 fully saturated rings. The third-order valence-corrected chi connectivity index (χ3v) is 1.86. The van der Waals surface area contributed by atoms with Gasteiger partial charge in [0, 0.05) is 5.02 Å². The highest BCUT2D eigenvalue weighted by atomic mass is 35.5. The molecule has 4 nitrogen and oxygen atoms in total. The number of halogens is 1. The van der Waals surface area contributed by atoms with Crippen molar-refractivity contribution in [2.75, 3.05) is 19.5 Å². The van der Waals surface area contributed by atoms with Gasteiger partial charge < -0.3 is 4.74 Å². The number of ether oxygens (including phenoxy) is 1. The smallest absolute Gasteiger partial charge is 0.433 e. The van der Waals surface area contributed by atoms with E-state index in [-0.39, 0.29) is 0 Å². The second-order valence-electron chi connectivity index (χ2n) is 2.75. The molecule has 0 radical (unpaired) electrons. The summed E-state index contributed by atoms with van der Waals surface area (Å²) in [5, 5.41) is 3.68. The van der Waals surface area contributed by atoms with E-state index in [0.29, 0.717) is 11.0 Å². The Morgan fingerprint density at radius 3 is 2.43 bits per heavy atom. The standard InChI is InChI=1S/C9H12ClN3O/c1-13(11)9(14-2)12-8-5-3-7(10)4-6-8/h3-6H,11H2,1-2H3/p+1. The number of methoxy groups -OCH3 is 1. The summed E-state index contributed by atoms with van der Waals surface area (Å²) in [6.45, 7) is 0.